The summed E-state index contributed by atoms with van der Waals surface area (Å²) in [5.74, 6) is 3.45. The fraction of sp³-hybridized carbons (Fsp3) is 0.194. The maximum atomic E-state index is 9.25. The Morgan fingerprint density at radius 3 is 2.44 bits per heavy atom. The largest absolute Gasteiger partial charge is 0.508 e. The number of phenolic OH excluding ortho intramolecular Hbond substituents is 1. The predicted molar refractivity (Wildman–Crippen MR) is 169 cm³/mol. The quantitative estimate of drug-likeness (QED) is 0.240. The molecule has 0 aliphatic carbocycles. The number of hydrogen-bond acceptors (Lipinski definition) is 7. The van der Waals surface area contributed by atoms with E-state index in [1.807, 2.05) is 54.7 Å². The highest BCUT2D eigenvalue weighted by atomic mass is 16.7. The number of likely N-dealkylation sites (N-methyl/N-ethyl adjacent to an activating group) is 1. The third-order valence-corrected chi connectivity index (χ3v) is 7.86. The second-order valence-corrected chi connectivity index (χ2v) is 10.5. The van der Waals surface area contributed by atoms with Crippen LogP contribution in [0.4, 0.5) is 0 Å². The summed E-state index contributed by atoms with van der Waals surface area (Å²) in [5, 5.41) is 10.4. The van der Waals surface area contributed by atoms with Crippen LogP contribution in [0.25, 0.3) is 23.1 Å². The third kappa shape index (κ3) is 5.98. The number of methoxy groups -OCH3 is 2. The van der Waals surface area contributed by atoms with E-state index >= 15 is 0 Å². The van der Waals surface area contributed by atoms with Crippen LogP contribution in [-0.2, 0) is 6.42 Å². The van der Waals surface area contributed by atoms with Gasteiger partial charge in [-0.2, -0.15) is 0 Å². The summed E-state index contributed by atoms with van der Waals surface area (Å²) in [6.07, 6.45) is 6.91. The van der Waals surface area contributed by atoms with Gasteiger partial charge in [0, 0.05) is 18.1 Å². The number of aromatic hydroxyl groups is 1. The Hall–Kier alpha value is -5.01. The molecule has 5 aromatic rings. The van der Waals surface area contributed by atoms with Crippen molar-refractivity contribution >= 4 is 23.1 Å². The third-order valence-electron chi connectivity index (χ3n) is 7.86. The molecule has 7 rings (SSSR count). The molecule has 4 aromatic carbocycles. The Morgan fingerprint density at radius 1 is 0.860 bits per heavy atom. The van der Waals surface area contributed by atoms with Gasteiger partial charge in [0.2, 0.25) is 6.79 Å². The summed E-state index contributed by atoms with van der Waals surface area (Å²) in [6.45, 7) is 1.28. The molecule has 7 nitrogen and oxygen atoms in total. The maximum absolute atomic E-state index is 9.25. The fourth-order valence-corrected chi connectivity index (χ4v) is 5.62. The van der Waals surface area contributed by atoms with Gasteiger partial charge in [0.05, 0.1) is 25.8 Å². The highest BCUT2D eigenvalue weighted by molar-refractivity contribution is 5.90. The number of ether oxygens (including phenoxy) is 4. The Bertz CT molecular complexity index is 1760. The summed E-state index contributed by atoms with van der Waals surface area (Å²) in [4.78, 5) is 6.69. The van der Waals surface area contributed by atoms with Crippen molar-refractivity contribution in [3.8, 4) is 28.7 Å². The Morgan fingerprint density at radius 2 is 1.63 bits per heavy atom. The Balaban J connectivity index is 0.000000157. The van der Waals surface area contributed by atoms with E-state index in [2.05, 4.69) is 53.3 Å². The molecule has 0 radical (unpaired) electrons. The van der Waals surface area contributed by atoms with Crippen molar-refractivity contribution in [1.82, 2.24) is 9.88 Å². The number of pyridine rings is 1. The van der Waals surface area contributed by atoms with Crippen molar-refractivity contribution in [1.29, 1.82) is 0 Å². The highest BCUT2D eigenvalue weighted by Crippen LogP contribution is 2.43. The summed E-state index contributed by atoms with van der Waals surface area (Å²) in [7, 11) is 5.50. The monoisotopic (exact) mass is 574 g/mol. The molecule has 0 amide bonds. The lowest BCUT2D eigenvalue weighted by molar-refractivity contribution is 0.174. The zero-order valence-electron chi connectivity index (χ0n) is 24.5. The van der Waals surface area contributed by atoms with Crippen LogP contribution in [0.15, 0.2) is 91.1 Å². The van der Waals surface area contributed by atoms with Gasteiger partial charge in [-0.15, -0.1) is 0 Å². The van der Waals surface area contributed by atoms with Crippen molar-refractivity contribution in [3.05, 3.63) is 119 Å². The molecule has 1 unspecified atom stereocenters. The first kappa shape index (κ1) is 28.1. The molecule has 2 aliphatic heterocycles. The van der Waals surface area contributed by atoms with Gasteiger partial charge in [-0.1, -0.05) is 48.6 Å². The van der Waals surface area contributed by atoms with Crippen molar-refractivity contribution in [2.45, 2.75) is 12.5 Å². The predicted octanol–water partition coefficient (Wildman–Crippen LogP) is 7.12. The number of benzene rings is 4. The Labute approximate surface area is 251 Å². The van der Waals surface area contributed by atoms with Crippen LogP contribution < -0.4 is 18.9 Å². The van der Waals surface area contributed by atoms with E-state index in [-0.39, 0.29) is 11.8 Å². The van der Waals surface area contributed by atoms with E-state index in [4.69, 9.17) is 18.9 Å². The molecule has 0 fully saturated rings. The number of nitrogens with zero attached hydrogens (tertiary/aromatic N) is 2. The molecule has 0 saturated carbocycles. The fourth-order valence-electron chi connectivity index (χ4n) is 5.62. The van der Waals surface area contributed by atoms with Crippen molar-refractivity contribution < 1.29 is 24.1 Å². The minimum absolute atomic E-state index is 0.156. The van der Waals surface area contributed by atoms with Gasteiger partial charge in [-0.3, -0.25) is 9.88 Å². The SMILES string of the molecule is COc1cc2c(cc1OC)C(c1ccc3c(c1)OCO3)N(C)CC2.Oc1ccc(/C=C\c2ccnc3ccccc23)cc1. The number of aromatic nitrogens is 1. The highest BCUT2D eigenvalue weighted by Gasteiger charge is 2.29. The minimum atomic E-state index is 0.156. The lowest BCUT2D eigenvalue weighted by atomic mass is 9.88. The normalized spacial score (nSPS) is 15.6. The Kier molecular flexibility index (Phi) is 8.16. The van der Waals surface area contributed by atoms with E-state index in [1.165, 1.54) is 16.7 Å². The van der Waals surface area contributed by atoms with Crippen molar-refractivity contribution in [3.63, 3.8) is 0 Å². The van der Waals surface area contributed by atoms with E-state index in [0.29, 0.717) is 6.79 Å². The maximum Gasteiger partial charge on any atom is 0.231 e. The smallest absolute Gasteiger partial charge is 0.231 e. The summed E-state index contributed by atoms with van der Waals surface area (Å²) >= 11 is 0. The summed E-state index contributed by atoms with van der Waals surface area (Å²) in [6, 6.07) is 27.7. The number of phenols is 1. The first-order valence-corrected chi connectivity index (χ1v) is 14.2. The summed E-state index contributed by atoms with van der Waals surface area (Å²) in [5.41, 5.74) is 6.93. The first-order chi connectivity index (χ1) is 21.0. The molecule has 3 heterocycles. The lowest BCUT2D eigenvalue weighted by Crippen LogP contribution is -2.32. The van der Waals surface area contributed by atoms with Gasteiger partial charge in [0.15, 0.2) is 23.0 Å². The summed E-state index contributed by atoms with van der Waals surface area (Å²) < 4.78 is 21.9. The molecule has 2 aliphatic rings. The van der Waals surface area contributed by atoms with Gasteiger partial charge in [-0.05, 0) is 89.8 Å². The molecular formula is C36H34N2O5. The topological polar surface area (TPSA) is 73.3 Å². The number of hydrogen-bond donors (Lipinski definition) is 1. The van der Waals surface area contributed by atoms with E-state index < -0.39 is 0 Å². The number of rotatable bonds is 5. The first-order valence-electron chi connectivity index (χ1n) is 14.2. The van der Waals surface area contributed by atoms with Crippen LogP contribution in [-0.4, -0.2) is 49.6 Å². The molecule has 1 atom stereocenters. The number of para-hydroxylation sites is 1. The average Bonchev–Trinajstić information content (AvgIpc) is 3.52. The average molecular weight is 575 g/mol. The van der Waals surface area contributed by atoms with Gasteiger partial charge < -0.3 is 24.1 Å². The van der Waals surface area contributed by atoms with Gasteiger partial charge in [-0.25, -0.2) is 0 Å². The molecule has 0 bridgehead atoms. The molecule has 0 saturated heterocycles. The van der Waals surface area contributed by atoms with E-state index in [0.717, 1.165) is 58.0 Å². The second-order valence-electron chi connectivity index (χ2n) is 10.5. The zero-order valence-corrected chi connectivity index (χ0v) is 24.5. The van der Waals surface area contributed by atoms with Gasteiger partial charge in [0.25, 0.3) is 0 Å². The van der Waals surface area contributed by atoms with Gasteiger partial charge >= 0.3 is 0 Å². The van der Waals surface area contributed by atoms with Crippen LogP contribution in [0, 0.1) is 0 Å². The number of fused-ring (bicyclic) bond motifs is 3. The minimum Gasteiger partial charge on any atom is -0.508 e. The van der Waals surface area contributed by atoms with Crippen LogP contribution in [0.2, 0.25) is 0 Å². The van der Waals surface area contributed by atoms with Gasteiger partial charge in [0.1, 0.15) is 5.75 Å². The van der Waals surface area contributed by atoms with Crippen molar-refractivity contribution in [2.24, 2.45) is 0 Å². The molecular weight excluding hydrogens is 540 g/mol. The second kappa shape index (κ2) is 12.5. The molecule has 1 aromatic heterocycles. The van der Waals surface area contributed by atoms with Crippen LogP contribution >= 0.6 is 0 Å². The van der Waals surface area contributed by atoms with Crippen LogP contribution in [0.5, 0.6) is 28.7 Å². The van der Waals surface area contributed by atoms with Crippen LogP contribution in [0.3, 0.4) is 0 Å². The van der Waals surface area contributed by atoms with Crippen molar-refractivity contribution in [2.75, 3.05) is 34.6 Å². The lowest BCUT2D eigenvalue weighted by Gasteiger charge is -2.35. The van der Waals surface area contributed by atoms with E-state index in [9.17, 15) is 5.11 Å². The molecule has 218 valence electrons. The molecule has 1 N–H and O–H groups in total. The zero-order chi connectivity index (χ0) is 29.8. The molecule has 43 heavy (non-hydrogen) atoms. The standard InChI is InChI=1S/C19H21NO4.C17H13NO/c1-20-7-6-12-8-16(21-2)17(22-3)10-14(12)19(20)13-4-5-15-18(9-13)24-11-23-15;19-15-9-6-13(7-10-15)5-8-14-11-12-18-17-4-2-1-3-16(14)17/h4-5,8-10,19H,6-7,11H2,1-3H3;1-12,19H/b;8-5-. The van der Waals surface area contributed by atoms with Crippen LogP contribution in [0.1, 0.15) is 33.9 Å². The van der Waals surface area contributed by atoms with E-state index in [1.54, 1.807) is 26.4 Å². The molecule has 0 spiro atoms. The molecule has 7 heteroatoms.